The third-order valence-corrected chi connectivity index (χ3v) is 4.51. The van der Waals surface area contributed by atoms with Gasteiger partial charge in [-0.05, 0) is 61.2 Å². The molecule has 0 atom stereocenters. The average Bonchev–Trinajstić information content (AvgIpc) is 3.51. The molecule has 28 heavy (non-hydrogen) atoms. The first kappa shape index (κ1) is 19.4. The molecule has 0 radical (unpaired) electrons. The van der Waals surface area contributed by atoms with E-state index in [1.807, 2.05) is 0 Å². The lowest BCUT2D eigenvalue weighted by atomic mass is 10.1. The summed E-state index contributed by atoms with van der Waals surface area (Å²) in [6.07, 6.45) is 5.16. The molecule has 2 amide bonds. The Hall–Kier alpha value is -3.41. The Labute approximate surface area is 163 Å². The summed E-state index contributed by atoms with van der Waals surface area (Å²) in [5.74, 6) is -0.840. The number of nitrogens with one attached hydrogen (secondary N) is 2. The summed E-state index contributed by atoms with van der Waals surface area (Å²) >= 11 is 0. The van der Waals surface area contributed by atoms with Crippen LogP contribution in [0.1, 0.15) is 44.7 Å². The number of methoxy groups -OCH3 is 1. The van der Waals surface area contributed by atoms with Gasteiger partial charge in [-0.25, -0.2) is 4.79 Å². The van der Waals surface area contributed by atoms with E-state index in [0.717, 1.165) is 18.4 Å². The van der Waals surface area contributed by atoms with Gasteiger partial charge in [-0.3, -0.25) is 9.59 Å². The molecule has 0 aromatic heterocycles. The Morgan fingerprint density at radius 1 is 1.07 bits per heavy atom. The van der Waals surface area contributed by atoms with E-state index in [9.17, 15) is 14.4 Å². The molecule has 1 fully saturated rings. The Morgan fingerprint density at radius 2 is 1.79 bits per heavy atom. The van der Waals surface area contributed by atoms with Crippen LogP contribution >= 0.6 is 0 Å². The predicted molar refractivity (Wildman–Crippen MR) is 107 cm³/mol. The van der Waals surface area contributed by atoms with Gasteiger partial charge in [-0.15, -0.1) is 0 Å². The zero-order valence-corrected chi connectivity index (χ0v) is 15.8. The summed E-state index contributed by atoms with van der Waals surface area (Å²) in [5.41, 5.74) is 3.00. The van der Waals surface area contributed by atoms with Crippen LogP contribution in [0.3, 0.4) is 0 Å². The Balaban J connectivity index is 1.62. The number of carbonyl (C=O) groups is 3. The van der Waals surface area contributed by atoms with Gasteiger partial charge < -0.3 is 15.4 Å². The van der Waals surface area contributed by atoms with Gasteiger partial charge in [0, 0.05) is 23.4 Å². The van der Waals surface area contributed by atoms with Crippen LogP contribution < -0.4 is 10.6 Å². The highest BCUT2D eigenvalue weighted by Gasteiger charge is 2.23. The molecule has 2 aromatic rings. The SMILES string of the molecule is COC(=O)c1cccc(NC(=O)/C=C/c2ccc(C(=O)NC3CC3)cc2)c1C. The molecule has 0 aliphatic heterocycles. The van der Waals surface area contributed by atoms with Crippen molar-refractivity contribution in [2.45, 2.75) is 25.8 Å². The fourth-order valence-corrected chi connectivity index (χ4v) is 2.69. The first-order chi connectivity index (χ1) is 13.5. The van der Waals surface area contributed by atoms with Crippen LogP contribution in [0.25, 0.3) is 6.08 Å². The summed E-state index contributed by atoms with van der Waals surface area (Å²) in [7, 11) is 1.32. The number of hydrogen-bond acceptors (Lipinski definition) is 4. The summed E-state index contributed by atoms with van der Waals surface area (Å²) in [4.78, 5) is 35.9. The van der Waals surface area contributed by atoms with Gasteiger partial charge >= 0.3 is 5.97 Å². The van der Waals surface area contributed by atoms with E-state index in [2.05, 4.69) is 10.6 Å². The van der Waals surface area contributed by atoms with Crippen molar-refractivity contribution in [2.24, 2.45) is 0 Å². The van der Waals surface area contributed by atoms with Gasteiger partial charge in [-0.2, -0.15) is 0 Å². The molecule has 3 rings (SSSR count). The predicted octanol–water partition coefficient (Wildman–Crippen LogP) is 3.33. The van der Waals surface area contributed by atoms with Crippen molar-refractivity contribution in [2.75, 3.05) is 12.4 Å². The largest absolute Gasteiger partial charge is 0.465 e. The zero-order chi connectivity index (χ0) is 20.1. The van der Waals surface area contributed by atoms with Crippen LogP contribution in [0.4, 0.5) is 5.69 Å². The minimum absolute atomic E-state index is 0.0725. The molecule has 144 valence electrons. The van der Waals surface area contributed by atoms with Crippen molar-refractivity contribution in [1.29, 1.82) is 0 Å². The summed E-state index contributed by atoms with van der Waals surface area (Å²) < 4.78 is 4.74. The molecule has 0 spiro atoms. The van der Waals surface area contributed by atoms with Crippen LogP contribution in [0.5, 0.6) is 0 Å². The molecule has 6 nitrogen and oxygen atoms in total. The monoisotopic (exact) mass is 378 g/mol. The number of hydrogen-bond donors (Lipinski definition) is 2. The summed E-state index contributed by atoms with van der Waals surface area (Å²) in [6, 6.07) is 12.4. The molecule has 1 aliphatic carbocycles. The van der Waals surface area contributed by atoms with Crippen molar-refractivity contribution in [3.05, 3.63) is 70.8 Å². The van der Waals surface area contributed by atoms with E-state index >= 15 is 0 Å². The second-order valence-corrected chi connectivity index (χ2v) is 6.66. The number of benzene rings is 2. The van der Waals surface area contributed by atoms with Crippen molar-refractivity contribution >= 4 is 29.5 Å². The van der Waals surface area contributed by atoms with Crippen molar-refractivity contribution in [1.82, 2.24) is 5.32 Å². The quantitative estimate of drug-likeness (QED) is 0.596. The van der Waals surface area contributed by atoms with Gasteiger partial charge in [0.1, 0.15) is 0 Å². The van der Waals surface area contributed by atoms with Gasteiger partial charge in [0.2, 0.25) is 5.91 Å². The second kappa shape index (κ2) is 8.52. The molecule has 2 N–H and O–H groups in total. The zero-order valence-electron chi connectivity index (χ0n) is 15.8. The maximum absolute atomic E-state index is 12.2. The first-order valence-electron chi connectivity index (χ1n) is 9.06. The summed E-state index contributed by atoms with van der Waals surface area (Å²) in [6.45, 7) is 1.75. The van der Waals surface area contributed by atoms with Gasteiger partial charge in [0.15, 0.2) is 0 Å². The second-order valence-electron chi connectivity index (χ2n) is 6.66. The van der Waals surface area contributed by atoms with Gasteiger partial charge in [0.05, 0.1) is 12.7 Å². The standard InChI is InChI=1S/C22H22N2O4/c1-14-18(22(27)28-2)4-3-5-19(14)24-20(25)13-8-15-6-9-16(10-7-15)21(26)23-17-11-12-17/h3-10,13,17H,11-12H2,1-2H3,(H,23,26)(H,24,25)/b13-8+. The molecular formula is C22H22N2O4. The van der Waals surface area contributed by atoms with E-state index in [1.54, 1.807) is 55.5 Å². The normalized spacial score (nSPS) is 13.2. The first-order valence-corrected chi connectivity index (χ1v) is 9.06. The molecule has 0 saturated heterocycles. The Kier molecular flexibility index (Phi) is 5.89. The van der Waals surface area contributed by atoms with Crippen LogP contribution in [0, 0.1) is 6.92 Å². The lowest BCUT2D eigenvalue weighted by molar-refractivity contribution is -0.111. The van der Waals surface area contributed by atoms with E-state index in [-0.39, 0.29) is 11.8 Å². The van der Waals surface area contributed by atoms with Crippen LogP contribution in [0.15, 0.2) is 48.5 Å². The van der Waals surface area contributed by atoms with Crippen molar-refractivity contribution in [3.8, 4) is 0 Å². The fourth-order valence-electron chi connectivity index (χ4n) is 2.69. The number of carbonyl (C=O) groups excluding carboxylic acids is 3. The van der Waals surface area contributed by atoms with Crippen LogP contribution in [-0.2, 0) is 9.53 Å². The molecule has 2 aromatic carbocycles. The number of rotatable bonds is 6. The molecular weight excluding hydrogens is 356 g/mol. The molecule has 0 bridgehead atoms. The number of ether oxygens (including phenoxy) is 1. The maximum Gasteiger partial charge on any atom is 0.338 e. The minimum Gasteiger partial charge on any atom is -0.465 e. The van der Waals surface area contributed by atoms with E-state index in [0.29, 0.717) is 28.4 Å². The number of amides is 2. The van der Waals surface area contributed by atoms with E-state index < -0.39 is 5.97 Å². The van der Waals surface area contributed by atoms with E-state index in [1.165, 1.54) is 13.2 Å². The third kappa shape index (κ3) is 4.85. The molecule has 0 heterocycles. The van der Waals surface area contributed by atoms with Crippen LogP contribution in [0.2, 0.25) is 0 Å². The maximum atomic E-state index is 12.2. The highest BCUT2D eigenvalue weighted by Crippen LogP contribution is 2.20. The highest BCUT2D eigenvalue weighted by atomic mass is 16.5. The number of anilines is 1. The van der Waals surface area contributed by atoms with Crippen molar-refractivity contribution in [3.63, 3.8) is 0 Å². The Bertz CT molecular complexity index is 928. The average molecular weight is 378 g/mol. The van der Waals surface area contributed by atoms with Crippen molar-refractivity contribution < 1.29 is 19.1 Å². The lowest BCUT2D eigenvalue weighted by Gasteiger charge is -2.10. The third-order valence-electron chi connectivity index (χ3n) is 4.51. The van der Waals surface area contributed by atoms with Crippen LogP contribution in [-0.4, -0.2) is 30.9 Å². The van der Waals surface area contributed by atoms with E-state index in [4.69, 9.17) is 4.74 Å². The lowest BCUT2D eigenvalue weighted by Crippen LogP contribution is -2.25. The molecule has 0 unspecified atom stereocenters. The highest BCUT2D eigenvalue weighted by molar-refractivity contribution is 6.03. The van der Waals surface area contributed by atoms with Gasteiger partial charge in [0.25, 0.3) is 5.91 Å². The minimum atomic E-state index is -0.449. The summed E-state index contributed by atoms with van der Waals surface area (Å²) in [5, 5.41) is 5.70. The molecule has 1 aliphatic rings. The molecule has 1 saturated carbocycles. The molecule has 6 heteroatoms. The van der Waals surface area contributed by atoms with Gasteiger partial charge in [-0.1, -0.05) is 18.2 Å². The topological polar surface area (TPSA) is 84.5 Å². The smallest absolute Gasteiger partial charge is 0.338 e. The fraction of sp³-hybridized carbons (Fsp3) is 0.227. The Morgan fingerprint density at radius 3 is 2.43 bits per heavy atom. The number of esters is 1.